The molecular formula is C18H24O4. The summed E-state index contributed by atoms with van der Waals surface area (Å²) >= 11 is 0. The molecule has 4 nitrogen and oxygen atoms in total. The summed E-state index contributed by atoms with van der Waals surface area (Å²) in [4.78, 5) is 12.5. The van der Waals surface area contributed by atoms with Crippen LogP contribution in [0.4, 0.5) is 0 Å². The van der Waals surface area contributed by atoms with E-state index in [-0.39, 0.29) is 12.1 Å². The Kier molecular flexibility index (Phi) is 5.87. The summed E-state index contributed by atoms with van der Waals surface area (Å²) in [5, 5.41) is 0. The Morgan fingerprint density at radius 1 is 1.14 bits per heavy atom. The van der Waals surface area contributed by atoms with E-state index < -0.39 is 0 Å². The molecule has 0 amide bonds. The third-order valence-electron chi connectivity index (χ3n) is 3.86. The fraction of sp³-hybridized carbons (Fsp3) is 0.500. The largest absolute Gasteiger partial charge is 0.497 e. The highest BCUT2D eigenvalue weighted by Gasteiger charge is 2.22. The summed E-state index contributed by atoms with van der Waals surface area (Å²) in [5.41, 5.74) is 1.37. The fourth-order valence-electron chi connectivity index (χ4n) is 2.64. The molecule has 0 saturated heterocycles. The maximum Gasteiger partial charge on any atom is 0.342 e. The molecule has 0 spiro atoms. The molecule has 0 aromatic heterocycles. The van der Waals surface area contributed by atoms with Crippen molar-refractivity contribution >= 4 is 5.97 Å². The van der Waals surface area contributed by atoms with Gasteiger partial charge in [0.05, 0.1) is 20.3 Å². The third-order valence-corrected chi connectivity index (χ3v) is 3.86. The Labute approximate surface area is 132 Å². The number of rotatable bonds is 2. The van der Waals surface area contributed by atoms with E-state index in [1.807, 2.05) is 13.0 Å². The van der Waals surface area contributed by atoms with Crippen LogP contribution in [0.2, 0.25) is 0 Å². The number of benzene rings is 1. The maximum absolute atomic E-state index is 12.5. The van der Waals surface area contributed by atoms with Crippen LogP contribution in [0.1, 0.15) is 48.5 Å². The van der Waals surface area contributed by atoms with Gasteiger partial charge in [-0.25, -0.2) is 4.79 Å². The highest BCUT2D eigenvalue weighted by Crippen LogP contribution is 2.31. The van der Waals surface area contributed by atoms with Crippen molar-refractivity contribution in [1.29, 1.82) is 0 Å². The van der Waals surface area contributed by atoms with E-state index in [9.17, 15) is 4.79 Å². The van der Waals surface area contributed by atoms with Gasteiger partial charge in [-0.2, -0.15) is 0 Å². The number of ether oxygens (including phenoxy) is 3. The first kappa shape index (κ1) is 16.4. The molecule has 0 bridgehead atoms. The van der Waals surface area contributed by atoms with E-state index in [4.69, 9.17) is 14.2 Å². The lowest BCUT2D eigenvalue weighted by Gasteiger charge is -2.18. The Morgan fingerprint density at radius 3 is 2.68 bits per heavy atom. The monoisotopic (exact) mass is 304 g/mol. The number of esters is 1. The van der Waals surface area contributed by atoms with Crippen molar-refractivity contribution in [3.05, 3.63) is 35.4 Å². The number of hydrogen-bond donors (Lipinski definition) is 0. The van der Waals surface area contributed by atoms with Gasteiger partial charge < -0.3 is 14.2 Å². The van der Waals surface area contributed by atoms with E-state index in [1.54, 1.807) is 20.3 Å². The molecule has 0 N–H and O–H groups in total. The van der Waals surface area contributed by atoms with Crippen LogP contribution in [0, 0.1) is 0 Å². The quantitative estimate of drug-likeness (QED) is 0.613. The van der Waals surface area contributed by atoms with Gasteiger partial charge in [-0.3, -0.25) is 0 Å². The van der Waals surface area contributed by atoms with Crippen LogP contribution in [0.3, 0.4) is 0 Å². The molecule has 0 saturated carbocycles. The summed E-state index contributed by atoms with van der Waals surface area (Å²) in [6, 6.07) is 3.60. The zero-order chi connectivity index (χ0) is 15.9. The highest BCUT2D eigenvalue weighted by atomic mass is 16.5. The molecule has 1 aromatic carbocycles. The maximum atomic E-state index is 12.5. The van der Waals surface area contributed by atoms with Gasteiger partial charge in [0, 0.05) is 6.07 Å². The van der Waals surface area contributed by atoms with E-state index in [0.29, 0.717) is 23.5 Å². The second kappa shape index (κ2) is 7.87. The van der Waals surface area contributed by atoms with E-state index in [0.717, 1.165) is 31.2 Å². The van der Waals surface area contributed by atoms with Gasteiger partial charge in [0.25, 0.3) is 0 Å². The van der Waals surface area contributed by atoms with Crippen molar-refractivity contribution in [3.63, 3.8) is 0 Å². The number of allylic oxidation sites excluding steroid dienone is 2. The molecular weight excluding hydrogens is 280 g/mol. The zero-order valence-electron chi connectivity index (χ0n) is 13.6. The van der Waals surface area contributed by atoms with Gasteiger partial charge in [0.2, 0.25) is 0 Å². The smallest absolute Gasteiger partial charge is 0.342 e. The summed E-state index contributed by atoms with van der Waals surface area (Å²) in [5.74, 6) is 0.852. The molecule has 1 aliphatic rings. The van der Waals surface area contributed by atoms with Gasteiger partial charge in [-0.1, -0.05) is 12.2 Å². The number of fused-ring (bicyclic) bond motifs is 1. The lowest BCUT2D eigenvalue weighted by molar-refractivity contribution is 0.0315. The van der Waals surface area contributed by atoms with Crippen LogP contribution >= 0.6 is 0 Å². The molecule has 1 heterocycles. The number of hydrogen-bond acceptors (Lipinski definition) is 4. The number of methoxy groups -OCH3 is 2. The zero-order valence-corrected chi connectivity index (χ0v) is 13.6. The molecule has 1 atom stereocenters. The van der Waals surface area contributed by atoms with Gasteiger partial charge in [-0.05, 0) is 50.7 Å². The molecule has 2 rings (SSSR count). The standard InChI is InChI=1S/C18H24O4/c1-13-9-7-5-4-6-8-10-14-11-15(20-2)12-16(21-3)17(14)18(19)22-13/h6,8,11-13H,4-5,7,9-10H2,1-3H3. The predicted molar refractivity (Wildman–Crippen MR) is 85.7 cm³/mol. The summed E-state index contributed by atoms with van der Waals surface area (Å²) in [6.45, 7) is 1.94. The van der Waals surface area contributed by atoms with Crippen molar-refractivity contribution < 1.29 is 19.0 Å². The minimum Gasteiger partial charge on any atom is -0.497 e. The van der Waals surface area contributed by atoms with Crippen LogP contribution in [0.15, 0.2) is 24.3 Å². The van der Waals surface area contributed by atoms with Crippen molar-refractivity contribution in [1.82, 2.24) is 0 Å². The second-order valence-electron chi connectivity index (χ2n) is 5.54. The highest BCUT2D eigenvalue weighted by molar-refractivity contribution is 5.94. The van der Waals surface area contributed by atoms with E-state index in [1.165, 1.54) is 0 Å². The Hall–Kier alpha value is -1.97. The number of cyclic esters (lactones) is 1. The molecule has 120 valence electrons. The molecule has 0 radical (unpaired) electrons. The van der Waals surface area contributed by atoms with Gasteiger partial charge in [0.15, 0.2) is 0 Å². The first-order valence-corrected chi connectivity index (χ1v) is 7.76. The lowest BCUT2D eigenvalue weighted by atomic mass is 10.0. The van der Waals surface area contributed by atoms with Crippen molar-refractivity contribution in [3.8, 4) is 11.5 Å². The summed E-state index contributed by atoms with van der Waals surface area (Å²) in [7, 11) is 3.16. The summed E-state index contributed by atoms with van der Waals surface area (Å²) in [6.07, 6.45) is 8.95. The van der Waals surface area contributed by atoms with E-state index in [2.05, 4.69) is 12.2 Å². The molecule has 22 heavy (non-hydrogen) atoms. The van der Waals surface area contributed by atoms with Crippen LogP contribution in [0.25, 0.3) is 0 Å². The average molecular weight is 304 g/mol. The van der Waals surface area contributed by atoms with Crippen LogP contribution in [-0.2, 0) is 11.2 Å². The Bertz CT molecular complexity index is 548. The normalized spacial score (nSPS) is 19.4. The van der Waals surface area contributed by atoms with Crippen LogP contribution in [0.5, 0.6) is 11.5 Å². The van der Waals surface area contributed by atoms with Gasteiger partial charge in [-0.15, -0.1) is 0 Å². The van der Waals surface area contributed by atoms with Crippen LogP contribution in [-0.4, -0.2) is 26.3 Å². The Morgan fingerprint density at radius 2 is 1.95 bits per heavy atom. The molecule has 1 aliphatic heterocycles. The third kappa shape index (κ3) is 4.03. The van der Waals surface area contributed by atoms with Crippen molar-refractivity contribution in [2.45, 2.75) is 45.1 Å². The van der Waals surface area contributed by atoms with Gasteiger partial charge >= 0.3 is 5.97 Å². The molecule has 1 unspecified atom stereocenters. The van der Waals surface area contributed by atoms with Crippen LogP contribution < -0.4 is 9.47 Å². The fourth-order valence-corrected chi connectivity index (χ4v) is 2.64. The molecule has 0 fully saturated rings. The predicted octanol–water partition coefficient (Wildman–Crippen LogP) is 3.92. The molecule has 1 aromatic rings. The minimum absolute atomic E-state index is 0.0874. The second-order valence-corrected chi connectivity index (χ2v) is 5.54. The minimum atomic E-state index is -0.323. The van der Waals surface area contributed by atoms with E-state index >= 15 is 0 Å². The summed E-state index contributed by atoms with van der Waals surface area (Å²) < 4.78 is 16.3. The van der Waals surface area contributed by atoms with Crippen molar-refractivity contribution in [2.24, 2.45) is 0 Å². The first-order chi connectivity index (χ1) is 10.7. The average Bonchev–Trinajstić information content (AvgIpc) is 2.51. The molecule has 0 aliphatic carbocycles. The topological polar surface area (TPSA) is 44.8 Å². The van der Waals surface area contributed by atoms with Crippen molar-refractivity contribution in [2.75, 3.05) is 14.2 Å². The van der Waals surface area contributed by atoms with Gasteiger partial charge in [0.1, 0.15) is 17.1 Å². The molecule has 4 heteroatoms. The number of carbonyl (C=O) groups is 1. The first-order valence-electron chi connectivity index (χ1n) is 7.76. The SMILES string of the molecule is COc1cc2c(c(OC)c1)C(=O)OC(C)CCCCC=CC2. The lowest BCUT2D eigenvalue weighted by Crippen LogP contribution is -2.17. The Balaban J connectivity index is 2.44. The number of carbonyl (C=O) groups excluding carboxylic acids is 1.